The van der Waals surface area contributed by atoms with Crippen molar-refractivity contribution in [2.75, 3.05) is 12.3 Å². The monoisotopic (exact) mass is 740 g/mol. The maximum Gasteiger partial charge on any atom is 0.225 e. The fraction of sp³-hybridized carbons (Fsp3) is 0.381. The third-order valence-corrected chi connectivity index (χ3v) is 14.9. The first-order chi connectivity index (χ1) is 24.5. The molecule has 272 valence electrons. The molecule has 0 aliphatic heterocycles. The Morgan fingerprint density at radius 1 is 1.00 bits per heavy atom. The molecule has 0 aromatic heterocycles. The molecule has 0 bridgehead atoms. The molecule has 1 fully saturated rings. The third-order valence-electron chi connectivity index (χ3n) is 12.2. The van der Waals surface area contributed by atoms with Gasteiger partial charge in [0.05, 0.1) is 16.8 Å². The number of sulfonamides is 1. The molecule has 52 heavy (non-hydrogen) atoms. The number of hydrogen-bond donors (Lipinski definition) is 3. The predicted octanol–water partition coefficient (Wildman–Crippen LogP) is 8.22. The van der Waals surface area contributed by atoms with Crippen molar-refractivity contribution < 1.29 is 27.9 Å². The lowest BCUT2D eigenvalue weighted by atomic mass is 9.50. The van der Waals surface area contributed by atoms with Crippen LogP contribution >= 0.6 is 11.6 Å². The van der Waals surface area contributed by atoms with E-state index < -0.39 is 32.1 Å². The van der Waals surface area contributed by atoms with Gasteiger partial charge in [0.1, 0.15) is 16.3 Å². The van der Waals surface area contributed by atoms with Gasteiger partial charge in [-0.3, -0.25) is 9.59 Å². The van der Waals surface area contributed by atoms with Gasteiger partial charge in [-0.25, -0.2) is 13.1 Å². The van der Waals surface area contributed by atoms with Crippen LogP contribution in [0.4, 0.5) is 5.69 Å². The van der Waals surface area contributed by atoms with Crippen LogP contribution in [0.5, 0.6) is 11.5 Å². The number of allylic oxidation sites excluding steroid dienone is 3. The molecular weight excluding hydrogens is 696 g/mol. The summed E-state index contributed by atoms with van der Waals surface area (Å²) in [7, 11) is -4.06. The number of halogens is 1. The molecule has 10 heteroatoms. The number of nitrogen functional groups attached to an aromatic ring is 1. The van der Waals surface area contributed by atoms with Gasteiger partial charge in [-0.05, 0) is 90.2 Å². The van der Waals surface area contributed by atoms with Crippen LogP contribution in [0.3, 0.4) is 0 Å². The normalized spacial score (nSPS) is 26.8. The molecule has 0 amide bonds. The number of aryl methyl sites for hydroxylation is 1. The molecule has 0 heterocycles. The van der Waals surface area contributed by atoms with Gasteiger partial charge in [-0.15, -0.1) is 0 Å². The molecule has 4 N–H and O–H groups in total. The molecule has 4 aliphatic carbocycles. The first-order valence-electron chi connectivity index (χ1n) is 17.9. The summed E-state index contributed by atoms with van der Waals surface area (Å²) < 4.78 is 35.8. The highest BCUT2D eigenvalue weighted by Crippen LogP contribution is 2.57. The minimum atomic E-state index is -4.06. The summed E-state index contributed by atoms with van der Waals surface area (Å²) in [6, 6.07) is 14.5. The van der Waals surface area contributed by atoms with Gasteiger partial charge < -0.3 is 15.6 Å². The molecule has 8 nitrogen and oxygen atoms in total. The number of rotatable bonds is 7. The predicted molar refractivity (Wildman–Crippen MR) is 205 cm³/mol. The summed E-state index contributed by atoms with van der Waals surface area (Å²) in [4.78, 5) is 26.6. The maximum absolute atomic E-state index is 14.2. The van der Waals surface area contributed by atoms with E-state index >= 15 is 0 Å². The number of nitrogens with two attached hydrogens (primary N) is 1. The SMILES string of the molecule is CC(C)c1ccc2c(c1)CCC1C(C)(CNS(=O)(=O)C3(C)C=CC(Oc4cc(O)c5c(c4N)C(=O)c4ccccc4C5=O)=CC=C3Cl)CCCC21C. The van der Waals surface area contributed by atoms with Gasteiger partial charge in [-0.1, -0.05) is 94.3 Å². The second-order valence-corrected chi connectivity index (χ2v) is 18.4. The Morgan fingerprint density at radius 2 is 1.69 bits per heavy atom. The van der Waals surface area contributed by atoms with Crippen molar-refractivity contribution in [2.45, 2.75) is 82.8 Å². The molecular formula is C42H45ClN2O6S. The number of fused-ring (bicyclic) bond motifs is 5. The minimum absolute atomic E-state index is 0.0460. The van der Waals surface area contributed by atoms with E-state index in [1.807, 2.05) is 0 Å². The number of benzene rings is 3. The highest BCUT2D eigenvalue weighted by Gasteiger charge is 2.52. The Hall–Kier alpha value is -4.18. The van der Waals surface area contributed by atoms with Gasteiger partial charge in [0, 0.05) is 28.8 Å². The average molecular weight is 741 g/mol. The minimum Gasteiger partial charge on any atom is -0.507 e. The second-order valence-electron chi connectivity index (χ2n) is 15.8. The lowest BCUT2D eigenvalue weighted by molar-refractivity contribution is 0.0298. The van der Waals surface area contributed by atoms with E-state index in [0.29, 0.717) is 11.8 Å². The number of nitrogens with one attached hydrogen (secondary N) is 1. The Morgan fingerprint density at radius 3 is 2.38 bits per heavy atom. The van der Waals surface area contributed by atoms with E-state index in [-0.39, 0.29) is 61.9 Å². The zero-order valence-electron chi connectivity index (χ0n) is 30.2. The molecule has 0 spiro atoms. The molecule has 7 rings (SSSR count). The molecule has 4 atom stereocenters. The maximum atomic E-state index is 14.2. The van der Waals surface area contributed by atoms with Crippen LogP contribution < -0.4 is 15.2 Å². The van der Waals surface area contributed by atoms with Crippen LogP contribution in [0.25, 0.3) is 0 Å². The van der Waals surface area contributed by atoms with E-state index in [4.69, 9.17) is 22.1 Å². The Kier molecular flexibility index (Phi) is 8.87. The topological polar surface area (TPSA) is 136 Å². The summed E-state index contributed by atoms with van der Waals surface area (Å²) in [5, 5.41) is 10.9. The van der Waals surface area contributed by atoms with Crippen LogP contribution in [-0.4, -0.2) is 36.4 Å². The Bertz CT molecular complexity index is 2240. The summed E-state index contributed by atoms with van der Waals surface area (Å²) in [5.41, 5.74) is 10.2. The Labute approximate surface area is 310 Å². The van der Waals surface area contributed by atoms with Gasteiger partial charge in [0.15, 0.2) is 17.3 Å². The van der Waals surface area contributed by atoms with E-state index in [1.165, 1.54) is 59.2 Å². The highest BCUT2D eigenvalue weighted by atomic mass is 35.5. The largest absolute Gasteiger partial charge is 0.507 e. The molecule has 1 saturated carbocycles. The number of phenols is 1. The average Bonchev–Trinajstić information content (AvgIpc) is 3.25. The van der Waals surface area contributed by atoms with Gasteiger partial charge in [0.2, 0.25) is 10.0 Å². The van der Waals surface area contributed by atoms with Crippen molar-refractivity contribution >= 4 is 38.9 Å². The van der Waals surface area contributed by atoms with Crippen molar-refractivity contribution in [1.82, 2.24) is 4.72 Å². The first-order valence-corrected chi connectivity index (χ1v) is 19.8. The number of aromatic hydroxyl groups is 1. The molecule has 0 radical (unpaired) electrons. The highest BCUT2D eigenvalue weighted by molar-refractivity contribution is 7.91. The number of hydrogen-bond acceptors (Lipinski definition) is 7. The van der Waals surface area contributed by atoms with E-state index in [2.05, 4.69) is 50.6 Å². The van der Waals surface area contributed by atoms with Crippen molar-refractivity contribution in [2.24, 2.45) is 11.3 Å². The molecule has 4 aliphatic rings. The quantitative estimate of drug-likeness (QED) is 0.128. The first kappa shape index (κ1) is 36.2. The fourth-order valence-electron chi connectivity index (χ4n) is 9.09. The van der Waals surface area contributed by atoms with Gasteiger partial charge in [-0.2, -0.15) is 0 Å². The summed E-state index contributed by atoms with van der Waals surface area (Å²) in [6.07, 6.45) is 10.9. The Balaban J connectivity index is 1.11. The third kappa shape index (κ3) is 5.63. The van der Waals surface area contributed by atoms with Crippen LogP contribution in [0.1, 0.15) is 115 Å². The molecule has 4 unspecified atom stereocenters. The smallest absolute Gasteiger partial charge is 0.225 e. The van der Waals surface area contributed by atoms with E-state index in [0.717, 1.165) is 32.1 Å². The number of ketones is 2. The van der Waals surface area contributed by atoms with Crippen molar-refractivity contribution in [1.29, 1.82) is 0 Å². The number of anilines is 1. The number of ether oxygens (including phenoxy) is 1. The molecule has 3 aromatic rings. The molecule has 0 saturated heterocycles. The number of carbonyl (C=O) groups is 2. The lowest BCUT2D eigenvalue weighted by Crippen LogP contribution is -2.54. The van der Waals surface area contributed by atoms with Gasteiger partial charge >= 0.3 is 0 Å². The van der Waals surface area contributed by atoms with Crippen LogP contribution in [0.15, 0.2) is 83.6 Å². The number of phenolic OH excluding ortho intramolecular Hbond substituents is 1. The van der Waals surface area contributed by atoms with Crippen LogP contribution in [-0.2, 0) is 21.9 Å². The van der Waals surface area contributed by atoms with Crippen LogP contribution in [0, 0.1) is 11.3 Å². The van der Waals surface area contributed by atoms with E-state index in [1.54, 1.807) is 19.1 Å². The van der Waals surface area contributed by atoms with Crippen LogP contribution in [0.2, 0.25) is 0 Å². The zero-order chi connectivity index (χ0) is 37.4. The second kappa shape index (κ2) is 12.7. The summed E-state index contributed by atoms with van der Waals surface area (Å²) in [6.45, 7) is 10.8. The van der Waals surface area contributed by atoms with Crippen molar-refractivity contribution in [3.8, 4) is 11.5 Å². The standard InChI is InChI=1S/C42H45ClN2O6S/c1-24(2)25-11-14-30-26(21-25)12-15-33-40(3,18-8-19-41(30,33)4)23-45-52(49,50)42(5)20-17-27(13-16-34(42)43)51-32-22-31(46)35-36(37(32)44)39(48)29-10-7-6-9-28(29)38(35)47/h6-7,9-11,13-14,16-17,20-22,24,33,45-46H,8,12,15,18-19,23,44H2,1-5H3. The fourth-order valence-corrected chi connectivity index (χ4v) is 10.9. The lowest BCUT2D eigenvalue weighted by Gasteiger charge is -2.55. The summed E-state index contributed by atoms with van der Waals surface area (Å²) >= 11 is 6.74. The van der Waals surface area contributed by atoms with Gasteiger partial charge in [0.25, 0.3) is 0 Å². The van der Waals surface area contributed by atoms with Crippen molar-refractivity contribution in [3.63, 3.8) is 0 Å². The van der Waals surface area contributed by atoms with Crippen molar-refractivity contribution in [3.05, 3.63) is 123 Å². The molecule has 3 aromatic carbocycles. The zero-order valence-corrected chi connectivity index (χ0v) is 31.7. The summed E-state index contributed by atoms with van der Waals surface area (Å²) in [5.74, 6) is -0.618. The van der Waals surface area contributed by atoms with E-state index in [9.17, 15) is 23.1 Å². The number of carbonyl (C=O) groups excluding carboxylic acids is 2.